The maximum atomic E-state index is 12.1. The van der Waals surface area contributed by atoms with E-state index in [0.29, 0.717) is 11.4 Å². The van der Waals surface area contributed by atoms with E-state index < -0.39 is 11.8 Å². The number of anilines is 2. The Bertz CT molecular complexity index is 696. The summed E-state index contributed by atoms with van der Waals surface area (Å²) in [5.74, 6) is -0.960. The first-order valence-electron chi connectivity index (χ1n) is 7.46. The first-order valence-corrected chi connectivity index (χ1v) is 7.46. The van der Waals surface area contributed by atoms with E-state index in [1.807, 2.05) is 29.7 Å². The monoisotopic (exact) mass is 342 g/mol. The molecule has 25 heavy (non-hydrogen) atoms. The van der Waals surface area contributed by atoms with Gasteiger partial charge in [-0.05, 0) is 24.3 Å². The molecule has 0 heterocycles. The van der Waals surface area contributed by atoms with Gasteiger partial charge in [-0.15, -0.1) is 4.91 Å². The fraction of sp³-hybridized carbons (Fsp3) is 0.125. The van der Waals surface area contributed by atoms with Gasteiger partial charge in [-0.2, -0.15) is 0 Å². The molecule has 0 saturated carbocycles. The SMILES string of the molecule is O=NNCC(=O)N(CC(=O)NNc1ccccc1)Nc1ccccc1. The Morgan fingerprint density at radius 3 is 2.12 bits per heavy atom. The first kappa shape index (κ1) is 17.7. The molecule has 4 N–H and O–H groups in total. The van der Waals surface area contributed by atoms with Crippen molar-refractivity contribution >= 4 is 23.2 Å². The van der Waals surface area contributed by atoms with E-state index in [9.17, 15) is 14.5 Å². The predicted octanol–water partition coefficient (Wildman–Crippen LogP) is 1.26. The number of rotatable bonds is 9. The van der Waals surface area contributed by atoms with Gasteiger partial charge >= 0.3 is 0 Å². The highest BCUT2D eigenvalue weighted by Crippen LogP contribution is 2.07. The number of hydrogen-bond acceptors (Lipinski definition) is 6. The lowest BCUT2D eigenvalue weighted by Gasteiger charge is -2.23. The summed E-state index contributed by atoms with van der Waals surface area (Å²) in [6, 6.07) is 17.9. The average Bonchev–Trinajstić information content (AvgIpc) is 2.65. The van der Waals surface area contributed by atoms with Crippen LogP contribution in [0.3, 0.4) is 0 Å². The summed E-state index contributed by atoms with van der Waals surface area (Å²) in [5.41, 5.74) is 11.4. The number of amides is 2. The van der Waals surface area contributed by atoms with Crippen LogP contribution in [0.25, 0.3) is 0 Å². The smallest absolute Gasteiger partial charge is 0.262 e. The Balaban J connectivity index is 1.95. The van der Waals surface area contributed by atoms with Crippen molar-refractivity contribution in [2.75, 3.05) is 23.9 Å². The highest BCUT2D eigenvalue weighted by atomic mass is 16.3. The van der Waals surface area contributed by atoms with Crippen LogP contribution in [0.15, 0.2) is 65.9 Å². The molecule has 130 valence electrons. The summed E-state index contributed by atoms with van der Waals surface area (Å²) in [7, 11) is 0. The van der Waals surface area contributed by atoms with Crippen molar-refractivity contribution in [3.8, 4) is 0 Å². The number of nitrogens with one attached hydrogen (secondary N) is 4. The molecule has 0 aromatic heterocycles. The molecule has 2 aromatic rings. The van der Waals surface area contributed by atoms with Crippen molar-refractivity contribution in [2.45, 2.75) is 0 Å². The van der Waals surface area contributed by atoms with E-state index in [2.05, 4.69) is 21.6 Å². The number of carbonyl (C=O) groups is 2. The molecule has 2 aromatic carbocycles. The van der Waals surface area contributed by atoms with Crippen molar-refractivity contribution in [1.29, 1.82) is 0 Å². The van der Waals surface area contributed by atoms with Crippen molar-refractivity contribution in [1.82, 2.24) is 15.9 Å². The Hall–Kier alpha value is -3.62. The summed E-state index contributed by atoms with van der Waals surface area (Å²) in [4.78, 5) is 34.3. The molecule has 0 aliphatic carbocycles. The molecule has 2 rings (SSSR count). The van der Waals surface area contributed by atoms with E-state index in [1.165, 1.54) is 0 Å². The molecule has 0 unspecified atom stereocenters. The molecule has 0 aliphatic heterocycles. The van der Waals surface area contributed by atoms with Crippen LogP contribution in [-0.2, 0) is 9.59 Å². The van der Waals surface area contributed by atoms with E-state index >= 15 is 0 Å². The van der Waals surface area contributed by atoms with Gasteiger partial charge < -0.3 is 0 Å². The van der Waals surface area contributed by atoms with Gasteiger partial charge in [0.05, 0.1) is 16.7 Å². The third-order valence-corrected chi connectivity index (χ3v) is 3.06. The lowest BCUT2D eigenvalue weighted by atomic mass is 10.3. The number of para-hydroxylation sites is 2. The maximum absolute atomic E-state index is 12.1. The maximum Gasteiger partial charge on any atom is 0.262 e. The van der Waals surface area contributed by atoms with Gasteiger partial charge in [-0.3, -0.25) is 31.3 Å². The molecule has 2 amide bonds. The topological polar surface area (TPSA) is 115 Å². The summed E-state index contributed by atoms with van der Waals surface area (Å²) < 4.78 is 0. The highest BCUT2D eigenvalue weighted by Gasteiger charge is 2.17. The molecular formula is C16H18N6O3. The van der Waals surface area contributed by atoms with Crippen LogP contribution in [-0.4, -0.2) is 29.9 Å². The van der Waals surface area contributed by atoms with Gasteiger partial charge in [0.2, 0.25) is 0 Å². The number of nitroso groups, excluding NO2 is 1. The lowest BCUT2D eigenvalue weighted by Crippen LogP contribution is -2.47. The second-order valence-electron chi connectivity index (χ2n) is 4.92. The van der Waals surface area contributed by atoms with Crippen molar-refractivity contribution in [3.63, 3.8) is 0 Å². The molecule has 0 spiro atoms. The molecule has 9 nitrogen and oxygen atoms in total. The van der Waals surface area contributed by atoms with E-state index in [0.717, 1.165) is 5.01 Å². The molecule has 0 radical (unpaired) electrons. The summed E-state index contributed by atoms with van der Waals surface area (Å²) in [5, 5.41) is 3.52. The third kappa shape index (κ3) is 6.18. The van der Waals surface area contributed by atoms with Gasteiger partial charge in [0.25, 0.3) is 11.8 Å². The van der Waals surface area contributed by atoms with Gasteiger partial charge in [0, 0.05) is 0 Å². The van der Waals surface area contributed by atoms with E-state index in [1.54, 1.807) is 36.4 Å². The Kier molecular flexibility index (Phi) is 6.74. The predicted molar refractivity (Wildman–Crippen MR) is 93.8 cm³/mol. The standard InChI is InChI=1S/C16H18N6O3/c23-15(19-18-13-7-3-1-4-8-13)12-22(16(24)11-17-21-25)20-14-9-5-2-6-10-14/h1-10,18,20H,11-12H2,(H,17,25)(H,19,23). The molecular weight excluding hydrogens is 324 g/mol. The lowest BCUT2D eigenvalue weighted by molar-refractivity contribution is -0.133. The Morgan fingerprint density at radius 1 is 0.920 bits per heavy atom. The minimum atomic E-state index is -0.515. The number of hydrazine groups is 2. The number of carbonyl (C=O) groups excluding carboxylic acids is 2. The highest BCUT2D eigenvalue weighted by molar-refractivity contribution is 5.87. The van der Waals surface area contributed by atoms with Crippen molar-refractivity contribution < 1.29 is 9.59 Å². The zero-order valence-corrected chi connectivity index (χ0v) is 13.3. The van der Waals surface area contributed by atoms with Gasteiger partial charge in [0.15, 0.2) is 0 Å². The van der Waals surface area contributed by atoms with Crippen LogP contribution >= 0.6 is 0 Å². The van der Waals surface area contributed by atoms with Crippen LogP contribution in [0.1, 0.15) is 0 Å². The average molecular weight is 342 g/mol. The van der Waals surface area contributed by atoms with E-state index in [-0.39, 0.29) is 13.1 Å². The fourth-order valence-corrected chi connectivity index (χ4v) is 1.90. The minimum Gasteiger partial charge on any atom is -0.299 e. The number of nitrogens with zero attached hydrogens (tertiary/aromatic N) is 2. The molecule has 9 heteroatoms. The van der Waals surface area contributed by atoms with Crippen molar-refractivity contribution in [3.05, 3.63) is 65.6 Å². The molecule has 0 atom stereocenters. The van der Waals surface area contributed by atoms with Crippen LogP contribution in [0, 0.1) is 4.91 Å². The second kappa shape index (κ2) is 9.50. The molecule has 0 bridgehead atoms. The Labute approximate surface area is 144 Å². The third-order valence-electron chi connectivity index (χ3n) is 3.06. The zero-order chi connectivity index (χ0) is 17.9. The molecule has 0 aliphatic rings. The fourth-order valence-electron chi connectivity index (χ4n) is 1.90. The van der Waals surface area contributed by atoms with Crippen LogP contribution in [0.2, 0.25) is 0 Å². The zero-order valence-electron chi connectivity index (χ0n) is 13.3. The normalized spacial score (nSPS) is 9.60. The van der Waals surface area contributed by atoms with Gasteiger partial charge in [-0.25, -0.2) is 5.01 Å². The minimum absolute atomic E-state index is 0.270. The molecule has 0 fully saturated rings. The number of hydrogen-bond donors (Lipinski definition) is 4. The summed E-state index contributed by atoms with van der Waals surface area (Å²) in [6.45, 7) is -0.600. The summed E-state index contributed by atoms with van der Waals surface area (Å²) in [6.07, 6.45) is 0. The van der Waals surface area contributed by atoms with Crippen LogP contribution < -0.4 is 21.7 Å². The number of benzene rings is 2. The second-order valence-corrected chi connectivity index (χ2v) is 4.92. The molecule has 0 saturated heterocycles. The van der Waals surface area contributed by atoms with E-state index in [4.69, 9.17) is 0 Å². The Morgan fingerprint density at radius 2 is 1.52 bits per heavy atom. The van der Waals surface area contributed by atoms with Crippen LogP contribution in [0.5, 0.6) is 0 Å². The van der Waals surface area contributed by atoms with Gasteiger partial charge in [0.1, 0.15) is 13.1 Å². The van der Waals surface area contributed by atoms with Gasteiger partial charge in [-0.1, -0.05) is 36.4 Å². The van der Waals surface area contributed by atoms with Crippen LogP contribution in [0.4, 0.5) is 11.4 Å². The largest absolute Gasteiger partial charge is 0.299 e. The quantitative estimate of drug-likeness (QED) is 0.403. The first-order chi connectivity index (χ1) is 12.2. The summed E-state index contributed by atoms with van der Waals surface area (Å²) >= 11 is 0. The van der Waals surface area contributed by atoms with Crippen molar-refractivity contribution in [2.24, 2.45) is 5.29 Å².